The van der Waals surface area contributed by atoms with Gasteiger partial charge in [0.2, 0.25) is 15.9 Å². The molecule has 6 nitrogen and oxygen atoms in total. The standard InChI is InChI=1S/C12H13N3O3S/c13-7-9-3-1-2-4-11(9)19(17,18)15-10-5-6-12(16)14-8-10/h1-4,10,15H,5-6,8H2,(H,14,16). The Kier molecular flexibility index (Phi) is 3.83. The van der Waals surface area contributed by atoms with Crippen LogP contribution in [0.1, 0.15) is 18.4 Å². The molecule has 1 saturated heterocycles. The first-order valence-electron chi connectivity index (χ1n) is 5.81. The highest BCUT2D eigenvalue weighted by atomic mass is 32.2. The molecule has 2 rings (SSSR count). The number of hydrogen-bond donors (Lipinski definition) is 2. The monoisotopic (exact) mass is 279 g/mol. The quantitative estimate of drug-likeness (QED) is 0.820. The summed E-state index contributed by atoms with van der Waals surface area (Å²) in [5.74, 6) is -0.0760. The van der Waals surface area contributed by atoms with Crippen molar-refractivity contribution in [1.29, 1.82) is 5.26 Å². The van der Waals surface area contributed by atoms with E-state index >= 15 is 0 Å². The van der Waals surface area contributed by atoms with E-state index in [1.165, 1.54) is 12.1 Å². The highest BCUT2D eigenvalue weighted by molar-refractivity contribution is 7.89. The zero-order valence-electron chi connectivity index (χ0n) is 10.1. The average Bonchev–Trinajstić information content (AvgIpc) is 2.41. The van der Waals surface area contributed by atoms with Crippen LogP contribution in [0.25, 0.3) is 0 Å². The minimum atomic E-state index is -3.74. The molecule has 0 saturated carbocycles. The molecule has 0 aliphatic carbocycles. The van der Waals surface area contributed by atoms with Gasteiger partial charge in [0, 0.05) is 19.0 Å². The van der Waals surface area contributed by atoms with Crippen LogP contribution in [0.3, 0.4) is 0 Å². The maximum atomic E-state index is 12.2. The number of sulfonamides is 1. The summed E-state index contributed by atoms with van der Waals surface area (Å²) in [7, 11) is -3.74. The lowest BCUT2D eigenvalue weighted by atomic mass is 10.1. The van der Waals surface area contributed by atoms with Gasteiger partial charge in [-0.15, -0.1) is 0 Å². The summed E-state index contributed by atoms with van der Waals surface area (Å²) in [5.41, 5.74) is 0.106. The van der Waals surface area contributed by atoms with E-state index in [1.807, 2.05) is 6.07 Å². The van der Waals surface area contributed by atoms with Crippen LogP contribution in [0.5, 0.6) is 0 Å². The van der Waals surface area contributed by atoms with Gasteiger partial charge in [0.15, 0.2) is 0 Å². The van der Waals surface area contributed by atoms with E-state index in [0.29, 0.717) is 12.8 Å². The minimum Gasteiger partial charge on any atom is -0.355 e. The second-order valence-corrected chi connectivity index (χ2v) is 5.95. The van der Waals surface area contributed by atoms with Crippen LogP contribution in [0.4, 0.5) is 0 Å². The van der Waals surface area contributed by atoms with Crippen LogP contribution in [-0.2, 0) is 14.8 Å². The summed E-state index contributed by atoms with van der Waals surface area (Å²) >= 11 is 0. The normalized spacial score (nSPS) is 19.5. The lowest BCUT2D eigenvalue weighted by molar-refractivity contribution is -0.122. The number of carbonyl (C=O) groups is 1. The second-order valence-electron chi connectivity index (χ2n) is 4.27. The number of amides is 1. The van der Waals surface area contributed by atoms with E-state index in [9.17, 15) is 13.2 Å². The van der Waals surface area contributed by atoms with Crippen molar-refractivity contribution in [2.75, 3.05) is 6.54 Å². The van der Waals surface area contributed by atoms with Crippen molar-refractivity contribution in [3.8, 4) is 6.07 Å². The Hall–Kier alpha value is -1.91. The van der Waals surface area contributed by atoms with Gasteiger partial charge in [-0.3, -0.25) is 4.79 Å². The van der Waals surface area contributed by atoms with Gasteiger partial charge in [-0.1, -0.05) is 12.1 Å². The first kappa shape index (κ1) is 13.5. The Labute approximate surface area is 111 Å². The van der Waals surface area contributed by atoms with E-state index in [0.717, 1.165) is 0 Å². The number of nitrogens with zero attached hydrogens (tertiary/aromatic N) is 1. The fourth-order valence-corrected chi connectivity index (χ4v) is 3.34. The van der Waals surface area contributed by atoms with Gasteiger partial charge in [0.05, 0.1) is 10.5 Å². The molecule has 1 fully saturated rings. The smallest absolute Gasteiger partial charge is 0.242 e. The van der Waals surface area contributed by atoms with Crippen molar-refractivity contribution >= 4 is 15.9 Å². The van der Waals surface area contributed by atoms with Crippen molar-refractivity contribution in [3.63, 3.8) is 0 Å². The molecule has 0 bridgehead atoms. The largest absolute Gasteiger partial charge is 0.355 e. The summed E-state index contributed by atoms with van der Waals surface area (Å²) in [6, 6.07) is 7.54. The summed E-state index contributed by atoms with van der Waals surface area (Å²) < 4.78 is 26.9. The lowest BCUT2D eigenvalue weighted by Crippen LogP contribution is -2.47. The highest BCUT2D eigenvalue weighted by Gasteiger charge is 2.25. The zero-order valence-corrected chi connectivity index (χ0v) is 10.9. The number of rotatable bonds is 3. The summed E-state index contributed by atoms with van der Waals surface area (Å²) in [4.78, 5) is 11.0. The minimum absolute atomic E-state index is 0.0330. The number of nitriles is 1. The fraction of sp³-hybridized carbons (Fsp3) is 0.333. The number of hydrogen-bond acceptors (Lipinski definition) is 4. The maximum Gasteiger partial charge on any atom is 0.242 e. The molecule has 1 unspecified atom stereocenters. The lowest BCUT2D eigenvalue weighted by Gasteiger charge is -2.23. The Balaban J connectivity index is 2.19. The van der Waals surface area contributed by atoms with Crippen molar-refractivity contribution in [1.82, 2.24) is 10.0 Å². The Morgan fingerprint density at radius 1 is 1.37 bits per heavy atom. The second kappa shape index (κ2) is 5.38. The number of piperidine rings is 1. The van der Waals surface area contributed by atoms with E-state index in [2.05, 4.69) is 10.0 Å². The molecule has 1 heterocycles. The Morgan fingerprint density at radius 2 is 2.11 bits per heavy atom. The van der Waals surface area contributed by atoms with Gasteiger partial charge >= 0.3 is 0 Å². The third kappa shape index (κ3) is 3.10. The van der Waals surface area contributed by atoms with Crippen molar-refractivity contribution < 1.29 is 13.2 Å². The number of benzene rings is 1. The van der Waals surface area contributed by atoms with Crippen molar-refractivity contribution in [2.24, 2.45) is 0 Å². The zero-order chi connectivity index (χ0) is 13.9. The van der Waals surface area contributed by atoms with Crippen LogP contribution in [0, 0.1) is 11.3 Å². The fourth-order valence-electron chi connectivity index (χ4n) is 1.91. The Bertz CT molecular complexity index is 624. The molecule has 7 heteroatoms. The molecule has 0 radical (unpaired) electrons. The van der Waals surface area contributed by atoms with Gasteiger partial charge in [-0.05, 0) is 18.6 Å². The molecule has 1 aliphatic rings. The van der Waals surface area contributed by atoms with E-state index < -0.39 is 10.0 Å². The average molecular weight is 279 g/mol. The SMILES string of the molecule is N#Cc1ccccc1S(=O)(=O)NC1CCC(=O)NC1. The predicted octanol–water partition coefficient (Wildman–Crippen LogP) is 0.115. The number of nitrogens with one attached hydrogen (secondary N) is 2. The van der Waals surface area contributed by atoms with Crippen LogP contribution < -0.4 is 10.0 Å². The molecule has 2 N–H and O–H groups in total. The number of carbonyl (C=O) groups excluding carboxylic acids is 1. The van der Waals surface area contributed by atoms with Crippen LogP contribution in [-0.4, -0.2) is 26.9 Å². The van der Waals surface area contributed by atoms with Gasteiger partial charge < -0.3 is 5.32 Å². The van der Waals surface area contributed by atoms with Gasteiger partial charge in [-0.2, -0.15) is 5.26 Å². The molecule has 1 atom stereocenters. The van der Waals surface area contributed by atoms with Crippen molar-refractivity contribution in [2.45, 2.75) is 23.8 Å². The predicted molar refractivity (Wildman–Crippen MR) is 67.5 cm³/mol. The van der Waals surface area contributed by atoms with Gasteiger partial charge in [0.1, 0.15) is 6.07 Å². The summed E-state index contributed by atoms with van der Waals surface area (Å²) in [6.45, 7) is 0.271. The maximum absolute atomic E-state index is 12.2. The van der Waals surface area contributed by atoms with Crippen LogP contribution >= 0.6 is 0 Å². The van der Waals surface area contributed by atoms with Gasteiger partial charge in [-0.25, -0.2) is 13.1 Å². The third-order valence-electron chi connectivity index (χ3n) is 2.88. The molecule has 1 aromatic carbocycles. The van der Waals surface area contributed by atoms with E-state index in [1.54, 1.807) is 12.1 Å². The van der Waals surface area contributed by atoms with E-state index in [-0.39, 0.29) is 29.0 Å². The molecule has 1 amide bonds. The first-order valence-corrected chi connectivity index (χ1v) is 7.29. The molecule has 1 aliphatic heterocycles. The molecular weight excluding hydrogens is 266 g/mol. The highest BCUT2D eigenvalue weighted by Crippen LogP contribution is 2.16. The van der Waals surface area contributed by atoms with E-state index in [4.69, 9.17) is 5.26 Å². The first-order chi connectivity index (χ1) is 9.03. The molecule has 19 heavy (non-hydrogen) atoms. The van der Waals surface area contributed by atoms with Gasteiger partial charge in [0.25, 0.3) is 0 Å². The topological polar surface area (TPSA) is 99.1 Å². The Morgan fingerprint density at radius 3 is 2.74 bits per heavy atom. The van der Waals surface area contributed by atoms with Crippen LogP contribution in [0.2, 0.25) is 0 Å². The molecular formula is C12H13N3O3S. The molecule has 1 aromatic rings. The van der Waals surface area contributed by atoms with Crippen molar-refractivity contribution in [3.05, 3.63) is 29.8 Å². The summed E-state index contributed by atoms with van der Waals surface area (Å²) in [5, 5.41) is 11.5. The molecule has 0 aromatic heterocycles. The summed E-state index contributed by atoms with van der Waals surface area (Å²) in [6.07, 6.45) is 0.757. The molecule has 0 spiro atoms. The van der Waals surface area contributed by atoms with Crippen LogP contribution in [0.15, 0.2) is 29.2 Å². The third-order valence-corrected chi connectivity index (χ3v) is 4.46. The molecule has 100 valence electrons.